The molecule has 3 aromatic rings. The molecule has 0 amide bonds. The summed E-state index contributed by atoms with van der Waals surface area (Å²) >= 11 is 0. The van der Waals surface area contributed by atoms with Gasteiger partial charge in [-0.05, 0) is 24.6 Å². The van der Waals surface area contributed by atoms with Crippen LogP contribution in [0.1, 0.15) is 5.69 Å². The van der Waals surface area contributed by atoms with Crippen molar-refractivity contribution >= 4 is 0 Å². The molecule has 0 fully saturated rings. The van der Waals surface area contributed by atoms with E-state index in [0.29, 0.717) is 0 Å². The highest BCUT2D eigenvalue weighted by molar-refractivity contribution is 5.82. The molecule has 1 N–H and O–H groups in total. The molecule has 0 aliphatic heterocycles. The van der Waals surface area contributed by atoms with Gasteiger partial charge in [0.2, 0.25) is 0 Å². The molecule has 0 saturated heterocycles. The molecule has 3 heteroatoms. The molecule has 3 nitrogen and oxygen atoms in total. The second-order valence-corrected chi connectivity index (χ2v) is 4.67. The first-order chi connectivity index (χ1) is 9.79. The Kier molecular flexibility index (Phi) is 3.25. The van der Waals surface area contributed by atoms with Crippen molar-refractivity contribution in [3.05, 3.63) is 60.3 Å². The van der Waals surface area contributed by atoms with Crippen molar-refractivity contribution in [3.8, 4) is 28.1 Å². The zero-order valence-corrected chi connectivity index (χ0v) is 11.6. The number of hydrogen-bond acceptors (Lipinski definition) is 2. The highest BCUT2D eigenvalue weighted by Crippen LogP contribution is 2.33. The van der Waals surface area contributed by atoms with E-state index in [-0.39, 0.29) is 0 Å². The summed E-state index contributed by atoms with van der Waals surface area (Å²) in [6, 6.07) is 18.3. The van der Waals surface area contributed by atoms with Crippen LogP contribution in [0.3, 0.4) is 0 Å². The van der Waals surface area contributed by atoms with Gasteiger partial charge in [0.15, 0.2) is 0 Å². The third-order valence-electron chi connectivity index (χ3n) is 3.35. The number of benzene rings is 2. The van der Waals surface area contributed by atoms with Crippen molar-refractivity contribution in [1.82, 2.24) is 10.2 Å². The van der Waals surface area contributed by atoms with Gasteiger partial charge in [0, 0.05) is 16.8 Å². The van der Waals surface area contributed by atoms with Crippen molar-refractivity contribution < 1.29 is 4.74 Å². The molecule has 0 aliphatic carbocycles. The molecule has 100 valence electrons. The van der Waals surface area contributed by atoms with Gasteiger partial charge in [0.1, 0.15) is 11.4 Å². The Labute approximate surface area is 118 Å². The number of hydrogen-bond donors (Lipinski definition) is 1. The molecule has 0 aliphatic rings. The lowest BCUT2D eigenvalue weighted by molar-refractivity contribution is 0.415. The van der Waals surface area contributed by atoms with E-state index >= 15 is 0 Å². The van der Waals surface area contributed by atoms with Crippen LogP contribution in [0.4, 0.5) is 0 Å². The number of H-pyrrole nitrogens is 1. The van der Waals surface area contributed by atoms with E-state index in [9.17, 15) is 0 Å². The number of aryl methyl sites for hydroxylation is 1. The number of ether oxygens (including phenoxy) is 1. The lowest BCUT2D eigenvalue weighted by atomic mass is 9.99. The molecule has 2 aromatic carbocycles. The molecule has 0 saturated carbocycles. The minimum atomic E-state index is 0.835. The number of nitrogens with one attached hydrogen (secondary N) is 1. The minimum absolute atomic E-state index is 0.835. The summed E-state index contributed by atoms with van der Waals surface area (Å²) in [6.45, 7) is 2.04. The van der Waals surface area contributed by atoms with E-state index in [1.54, 1.807) is 7.11 Å². The second-order valence-electron chi connectivity index (χ2n) is 4.67. The first-order valence-electron chi connectivity index (χ1n) is 6.54. The predicted octanol–water partition coefficient (Wildman–Crippen LogP) is 4.06. The van der Waals surface area contributed by atoms with Crippen LogP contribution >= 0.6 is 0 Å². The predicted molar refractivity (Wildman–Crippen MR) is 80.7 cm³/mol. The number of aromatic nitrogens is 2. The van der Waals surface area contributed by atoms with Gasteiger partial charge in [-0.15, -0.1) is 0 Å². The summed E-state index contributed by atoms with van der Waals surface area (Å²) in [6.07, 6.45) is 0. The molecule has 1 aromatic heterocycles. The maximum absolute atomic E-state index is 5.29. The largest absolute Gasteiger partial charge is 0.497 e. The van der Waals surface area contributed by atoms with E-state index < -0.39 is 0 Å². The Hall–Kier alpha value is -2.55. The quantitative estimate of drug-likeness (QED) is 0.774. The molecular formula is C17H16N2O. The average molecular weight is 264 g/mol. The summed E-state index contributed by atoms with van der Waals surface area (Å²) < 4.78 is 5.29. The molecule has 3 rings (SSSR count). The van der Waals surface area contributed by atoms with Crippen LogP contribution in [0, 0.1) is 6.92 Å². The number of methoxy groups -OCH3 is 1. The van der Waals surface area contributed by atoms with Crippen LogP contribution in [0.15, 0.2) is 54.6 Å². The van der Waals surface area contributed by atoms with Gasteiger partial charge < -0.3 is 4.74 Å². The van der Waals surface area contributed by atoms with Crippen LogP contribution in [-0.2, 0) is 0 Å². The molecule has 1 heterocycles. The lowest BCUT2D eigenvalue weighted by Gasteiger charge is -2.06. The van der Waals surface area contributed by atoms with Gasteiger partial charge in [0.05, 0.1) is 7.11 Å². The molecule has 0 unspecified atom stereocenters. The molecule has 0 radical (unpaired) electrons. The Balaban J connectivity index is 2.16. The van der Waals surface area contributed by atoms with Gasteiger partial charge in [0.25, 0.3) is 0 Å². The highest BCUT2D eigenvalue weighted by atomic mass is 16.5. The fraction of sp³-hybridized carbons (Fsp3) is 0.118. The zero-order valence-electron chi connectivity index (χ0n) is 11.6. The SMILES string of the molecule is COc1cccc(-c2n[nH]c(C)c2-c2ccccc2)c1. The average Bonchev–Trinajstić information content (AvgIpc) is 2.90. The van der Waals surface area contributed by atoms with Gasteiger partial charge in [-0.3, -0.25) is 5.10 Å². The molecule has 20 heavy (non-hydrogen) atoms. The van der Waals surface area contributed by atoms with E-state index in [1.165, 1.54) is 0 Å². The van der Waals surface area contributed by atoms with Crippen LogP contribution in [0.5, 0.6) is 5.75 Å². The zero-order chi connectivity index (χ0) is 13.9. The molecule has 0 bridgehead atoms. The van der Waals surface area contributed by atoms with Gasteiger partial charge in [-0.25, -0.2) is 0 Å². The number of nitrogens with zero attached hydrogens (tertiary/aromatic N) is 1. The lowest BCUT2D eigenvalue weighted by Crippen LogP contribution is -1.86. The second kappa shape index (κ2) is 5.21. The van der Waals surface area contributed by atoms with Crippen molar-refractivity contribution in [3.63, 3.8) is 0 Å². The van der Waals surface area contributed by atoms with E-state index in [4.69, 9.17) is 4.74 Å². The number of rotatable bonds is 3. The first kappa shape index (κ1) is 12.5. The summed E-state index contributed by atoms with van der Waals surface area (Å²) in [5, 5.41) is 7.54. The fourth-order valence-corrected chi connectivity index (χ4v) is 2.37. The molecule has 0 spiro atoms. The van der Waals surface area contributed by atoms with Crippen molar-refractivity contribution in [2.24, 2.45) is 0 Å². The summed E-state index contributed by atoms with van der Waals surface area (Å²) in [7, 11) is 1.67. The Morgan fingerprint density at radius 3 is 2.45 bits per heavy atom. The molecule has 0 atom stereocenters. The summed E-state index contributed by atoms with van der Waals surface area (Å²) in [5.74, 6) is 0.835. The standard InChI is InChI=1S/C17H16N2O/c1-12-16(13-7-4-3-5-8-13)17(19-18-12)14-9-6-10-15(11-14)20-2/h3-11H,1-2H3,(H,18,19). The van der Waals surface area contributed by atoms with Gasteiger partial charge >= 0.3 is 0 Å². The van der Waals surface area contributed by atoms with Crippen LogP contribution in [-0.4, -0.2) is 17.3 Å². The Morgan fingerprint density at radius 1 is 0.950 bits per heavy atom. The van der Waals surface area contributed by atoms with Crippen molar-refractivity contribution in [2.45, 2.75) is 6.92 Å². The van der Waals surface area contributed by atoms with Crippen LogP contribution < -0.4 is 4.74 Å². The monoisotopic (exact) mass is 264 g/mol. The minimum Gasteiger partial charge on any atom is -0.497 e. The maximum atomic E-state index is 5.29. The van der Waals surface area contributed by atoms with Crippen LogP contribution in [0.25, 0.3) is 22.4 Å². The topological polar surface area (TPSA) is 37.9 Å². The van der Waals surface area contributed by atoms with E-state index in [2.05, 4.69) is 22.3 Å². The summed E-state index contributed by atoms with van der Waals surface area (Å²) in [4.78, 5) is 0. The highest BCUT2D eigenvalue weighted by Gasteiger charge is 2.14. The normalized spacial score (nSPS) is 10.5. The fourth-order valence-electron chi connectivity index (χ4n) is 2.37. The van der Waals surface area contributed by atoms with E-state index in [0.717, 1.165) is 33.8 Å². The smallest absolute Gasteiger partial charge is 0.119 e. The van der Waals surface area contributed by atoms with Crippen LogP contribution in [0.2, 0.25) is 0 Å². The number of aromatic amines is 1. The summed E-state index contributed by atoms with van der Waals surface area (Å²) in [5.41, 5.74) is 5.37. The Bertz CT molecular complexity index is 717. The Morgan fingerprint density at radius 2 is 1.70 bits per heavy atom. The van der Waals surface area contributed by atoms with E-state index in [1.807, 2.05) is 49.4 Å². The van der Waals surface area contributed by atoms with Crippen molar-refractivity contribution in [2.75, 3.05) is 7.11 Å². The van der Waals surface area contributed by atoms with Gasteiger partial charge in [-0.2, -0.15) is 5.10 Å². The molecular weight excluding hydrogens is 248 g/mol. The van der Waals surface area contributed by atoms with Crippen molar-refractivity contribution in [1.29, 1.82) is 0 Å². The third kappa shape index (κ3) is 2.18. The first-order valence-corrected chi connectivity index (χ1v) is 6.54. The third-order valence-corrected chi connectivity index (χ3v) is 3.35. The van der Waals surface area contributed by atoms with Gasteiger partial charge in [-0.1, -0.05) is 42.5 Å². The maximum Gasteiger partial charge on any atom is 0.119 e.